The average Bonchev–Trinajstić information content (AvgIpc) is 2.93. The monoisotopic (exact) mass is 314 g/mol. The number of hydrogen-bond donors (Lipinski definition) is 2. The lowest BCUT2D eigenvalue weighted by Gasteiger charge is -2.17. The van der Waals surface area contributed by atoms with Crippen molar-refractivity contribution < 1.29 is 9.73 Å². The first kappa shape index (κ1) is 15.7. The zero-order valence-electron chi connectivity index (χ0n) is 13.3. The largest absolute Gasteiger partial charge is 0.339 e. The Morgan fingerprint density at radius 3 is 3.00 bits per heavy atom. The summed E-state index contributed by atoms with van der Waals surface area (Å²) < 4.78 is 5.55. The lowest BCUT2D eigenvalue weighted by atomic mass is 9.95. The van der Waals surface area contributed by atoms with Crippen LogP contribution in [0.1, 0.15) is 49.5 Å². The summed E-state index contributed by atoms with van der Waals surface area (Å²) in [4.78, 5) is 9.01. The number of aryl methyl sites for hydroxylation is 1. The quantitative estimate of drug-likeness (QED) is 0.391. The Morgan fingerprint density at radius 1 is 1.30 bits per heavy atom. The molecule has 1 heterocycles. The predicted molar refractivity (Wildman–Crippen MR) is 87.5 cm³/mol. The zero-order chi connectivity index (χ0) is 16.1. The summed E-state index contributed by atoms with van der Waals surface area (Å²) in [5, 5.41) is 12.9. The molecule has 1 aromatic carbocycles. The minimum absolute atomic E-state index is 0.0583. The second-order valence-electron chi connectivity index (χ2n) is 6.04. The van der Waals surface area contributed by atoms with Crippen LogP contribution >= 0.6 is 0 Å². The van der Waals surface area contributed by atoms with Gasteiger partial charge in [0.05, 0.1) is 12.0 Å². The fraction of sp³-hybridized carbons (Fsp3) is 0.471. The van der Waals surface area contributed by atoms with Crippen LogP contribution < -0.4 is 5.48 Å². The Balaban J connectivity index is 1.86. The smallest absolute Gasteiger partial charge is 0.232 e. The Labute approximate surface area is 135 Å². The van der Waals surface area contributed by atoms with E-state index in [1.54, 1.807) is 0 Å². The van der Waals surface area contributed by atoms with Crippen molar-refractivity contribution in [3.63, 3.8) is 0 Å². The summed E-state index contributed by atoms with van der Waals surface area (Å²) in [6.07, 6.45) is 6.72. The molecule has 0 amide bonds. The maximum Gasteiger partial charge on any atom is 0.232 e. The highest BCUT2D eigenvalue weighted by Crippen LogP contribution is 2.34. The van der Waals surface area contributed by atoms with Crippen LogP contribution in [0.25, 0.3) is 11.4 Å². The number of hydrogen-bond acceptors (Lipinski definition) is 5. The van der Waals surface area contributed by atoms with Gasteiger partial charge >= 0.3 is 0 Å². The van der Waals surface area contributed by atoms with Crippen LogP contribution in [-0.2, 0) is 0 Å². The molecule has 1 aromatic heterocycles. The van der Waals surface area contributed by atoms with Gasteiger partial charge in [-0.3, -0.25) is 15.7 Å². The van der Waals surface area contributed by atoms with Crippen molar-refractivity contribution in [2.75, 3.05) is 0 Å². The van der Waals surface area contributed by atoms with Crippen molar-refractivity contribution in [2.24, 2.45) is 4.99 Å². The van der Waals surface area contributed by atoms with E-state index in [2.05, 4.69) is 15.1 Å². The molecule has 122 valence electrons. The summed E-state index contributed by atoms with van der Waals surface area (Å²) in [6.45, 7) is 2.04. The van der Waals surface area contributed by atoms with Gasteiger partial charge in [-0.1, -0.05) is 48.2 Å². The van der Waals surface area contributed by atoms with Crippen LogP contribution in [0.2, 0.25) is 0 Å². The predicted octanol–water partition coefficient (Wildman–Crippen LogP) is 3.47. The van der Waals surface area contributed by atoms with E-state index in [0.29, 0.717) is 11.7 Å². The van der Waals surface area contributed by atoms with Gasteiger partial charge in [-0.05, 0) is 25.8 Å². The van der Waals surface area contributed by atoms with E-state index in [-0.39, 0.29) is 12.0 Å². The molecule has 0 radical (unpaired) electrons. The molecule has 2 N–H and O–H groups in total. The number of aliphatic imine (C=N–C) groups is 1. The molecule has 2 aromatic rings. The van der Waals surface area contributed by atoms with E-state index in [1.165, 1.54) is 18.3 Å². The summed E-state index contributed by atoms with van der Waals surface area (Å²) in [6, 6.07) is 8.13. The van der Waals surface area contributed by atoms with E-state index in [0.717, 1.165) is 31.2 Å². The lowest BCUT2D eigenvalue weighted by Crippen LogP contribution is -2.18. The minimum Gasteiger partial charge on any atom is -0.339 e. The van der Waals surface area contributed by atoms with E-state index in [9.17, 15) is 0 Å². The standard InChI is InChI=1S/C17H22N4O2/c1-12-6-5-7-13(10-12)16-20-17(23-21-16)14-8-3-2-4-9-15(14)18-11-19-22/h5-7,10-11,14-15,22H,2-4,8-9H2,1H3,(H,18,19). The molecule has 6 nitrogen and oxygen atoms in total. The number of benzene rings is 1. The molecule has 2 atom stereocenters. The van der Waals surface area contributed by atoms with Gasteiger partial charge in [0.1, 0.15) is 6.34 Å². The SMILES string of the molecule is Cc1cccc(-c2noc(C3CCCCCC3N=CNO)n2)c1. The normalized spacial score (nSPS) is 22.2. The maximum absolute atomic E-state index is 8.75. The fourth-order valence-electron chi connectivity index (χ4n) is 3.17. The van der Waals surface area contributed by atoms with Crippen LogP contribution in [0.5, 0.6) is 0 Å². The molecule has 3 rings (SSSR count). The summed E-state index contributed by atoms with van der Waals surface area (Å²) in [7, 11) is 0. The number of aromatic nitrogens is 2. The fourth-order valence-corrected chi connectivity index (χ4v) is 3.17. The van der Waals surface area contributed by atoms with Gasteiger partial charge in [0.25, 0.3) is 0 Å². The van der Waals surface area contributed by atoms with Gasteiger partial charge in [0.15, 0.2) is 0 Å². The molecule has 0 spiro atoms. The Kier molecular flexibility index (Phi) is 5.02. The Hall–Kier alpha value is -2.21. The number of nitrogens with one attached hydrogen (secondary N) is 1. The van der Waals surface area contributed by atoms with Gasteiger partial charge in [0, 0.05) is 5.56 Å². The van der Waals surface area contributed by atoms with Crippen LogP contribution in [0.3, 0.4) is 0 Å². The number of hydroxylamine groups is 1. The van der Waals surface area contributed by atoms with Crippen molar-refractivity contribution in [3.05, 3.63) is 35.7 Å². The molecule has 0 bridgehead atoms. The van der Waals surface area contributed by atoms with Crippen LogP contribution in [0, 0.1) is 6.92 Å². The molecule has 0 aliphatic heterocycles. The van der Waals surface area contributed by atoms with E-state index in [4.69, 9.17) is 9.73 Å². The third-order valence-corrected chi connectivity index (χ3v) is 4.34. The van der Waals surface area contributed by atoms with Gasteiger partial charge < -0.3 is 4.52 Å². The molecule has 1 fully saturated rings. The zero-order valence-corrected chi connectivity index (χ0v) is 13.3. The van der Waals surface area contributed by atoms with E-state index < -0.39 is 0 Å². The molecule has 2 unspecified atom stereocenters. The third kappa shape index (κ3) is 3.76. The van der Waals surface area contributed by atoms with E-state index >= 15 is 0 Å². The first-order valence-electron chi connectivity index (χ1n) is 8.10. The second-order valence-corrected chi connectivity index (χ2v) is 6.04. The van der Waals surface area contributed by atoms with Crippen molar-refractivity contribution >= 4 is 6.34 Å². The number of nitrogens with zero attached hydrogens (tertiary/aromatic N) is 3. The maximum atomic E-state index is 8.75. The molecular formula is C17H22N4O2. The Morgan fingerprint density at radius 2 is 2.17 bits per heavy atom. The number of rotatable bonds is 4. The van der Waals surface area contributed by atoms with Crippen molar-refractivity contribution in [1.29, 1.82) is 0 Å². The first-order valence-corrected chi connectivity index (χ1v) is 8.10. The van der Waals surface area contributed by atoms with Gasteiger partial charge in [-0.2, -0.15) is 4.98 Å². The van der Waals surface area contributed by atoms with Crippen molar-refractivity contribution in [3.8, 4) is 11.4 Å². The third-order valence-electron chi connectivity index (χ3n) is 4.34. The molecule has 6 heteroatoms. The summed E-state index contributed by atoms with van der Waals surface area (Å²) in [5.41, 5.74) is 4.12. The molecule has 1 aliphatic rings. The minimum atomic E-state index is 0.0583. The molecule has 0 saturated heterocycles. The molecule has 1 aliphatic carbocycles. The molecule has 23 heavy (non-hydrogen) atoms. The van der Waals surface area contributed by atoms with Crippen LogP contribution in [0.15, 0.2) is 33.8 Å². The van der Waals surface area contributed by atoms with Crippen molar-refractivity contribution in [2.45, 2.75) is 51.0 Å². The molecular weight excluding hydrogens is 292 g/mol. The summed E-state index contributed by atoms with van der Waals surface area (Å²) >= 11 is 0. The topological polar surface area (TPSA) is 83.5 Å². The highest BCUT2D eigenvalue weighted by Gasteiger charge is 2.29. The first-order chi connectivity index (χ1) is 11.3. The summed E-state index contributed by atoms with van der Waals surface area (Å²) in [5.74, 6) is 1.37. The van der Waals surface area contributed by atoms with Crippen LogP contribution in [0.4, 0.5) is 0 Å². The van der Waals surface area contributed by atoms with E-state index in [1.807, 2.05) is 36.7 Å². The highest BCUT2D eigenvalue weighted by molar-refractivity contribution is 5.55. The van der Waals surface area contributed by atoms with Crippen LogP contribution in [-0.4, -0.2) is 27.7 Å². The average molecular weight is 314 g/mol. The van der Waals surface area contributed by atoms with Gasteiger partial charge in [-0.25, -0.2) is 0 Å². The van der Waals surface area contributed by atoms with Gasteiger partial charge in [0.2, 0.25) is 11.7 Å². The lowest BCUT2D eigenvalue weighted by molar-refractivity contribution is 0.238. The van der Waals surface area contributed by atoms with Gasteiger partial charge in [-0.15, -0.1) is 0 Å². The highest BCUT2D eigenvalue weighted by atomic mass is 16.5. The van der Waals surface area contributed by atoms with Crippen molar-refractivity contribution in [1.82, 2.24) is 15.6 Å². The Bertz CT molecular complexity index is 668. The molecule has 1 saturated carbocycles. The second kappa shape index (κ2) is 7.37.